The van der Waals surface area contributed by atoms with Gasteiger partial charge in [0.15, 0.2) is 0 Å². The Morgan fingerprint density at radius 2 is 2.11 bits per heavy atom. The van der Waals surface area contributed by atoms with Gasteiger partial charge in [-0.05, 0) is 27.2 Å². The lowest BCUT2D eigenvalue weighted by atomic mass is 10.1. The predicted octanol–water partition coefficient (Wildman–Crippen LogP) is 1.09. The van der Waals surface area contributed by atoms with Crippen LogP contribution in [0.4, 0.5) is 5.69 Å². The molecule has 0 aromatic carbocycles. The van der Waals surface area contributed by atoms with Gasteiger partial charge in [0.25, 0.3) is 0 Å². The standard InChI is InChI=1S/C13H20N4O2/c1-5-11-13(19)17(9(4)12(18)15-11)10-6-14-16(7-10)8(2)3/h6-9,11H,5H2,1-4H3,(H,15,18). The van der Waals surface area contributed by atoms with Gasteiger partial charge in [0, 0.05) is 12.2 Å². The molecular formula is C13H20N4O2. The van der Waals surface area contributed by atoms with Crippen LogP contribution < -0.4 is 10.2 Å². The molecule has 0 aliphatic carbocycles. The fourth-order valence-electron chi connectivity index (χ4n) is 2.19. The van der Waals surface area contributed by atoms with Crippen molar-refractivity contribution in [3.63, 3.8) is 0 Å². The monoisotopic (exact) mass is 264 g/mol. The number of nitrogens with one attached hydrogen (secondary N) is 1. The Morgan fingerprint density at radius 1 is 1.42 bits per heavy atom. The van der Waals surface area contributed by atoms with Crippen LogP contribution in [0.15, 0.2) is 12.4 Å². The maximum atomic E-state index is 12.4. The van der Waals surface area contributed by atoms with Gasteiger partial charge in [0.1, 0.15) is 12.1 Å². The number of nitrogens with zero attached hydrogens (tertiary/aromatic N) is 3. The van der Waals surface area contributed by atoms with Crippen LogP contribution in [0.25, 0.3) is 0 Å². The minimum absolute atomic E-state index is 0.0714. The SMILES string of the molecule is CCC1NC(=O)C(C)N(c2cnn(C(C)C)c2)C1=O. The molecule has 1 aliphatic heterocycles. The van der Waals surface area contributed by atoms with Crippen LogP contribution in [0, 0.1) is 0 Å². The van der Waals surface area contributed by atoms with Gasteiger partial charge < -0.3 is 5.32 Å². The molecule has 19 heavy (non-hydrogen) atoms. The molecule has 0 spiro atoms. The first-order chi connectivity index (χ1) is 8.95. The molecule has 104 valence electrons. The van der Waals surface area contributed by atoms with Crippen LogP contribution >= 0.6 is 0 Å². The number of anilines is 1. The highest BCUT2D eigenvalue weighted by Crippen LogP contribution is 2.22. The summed E-state index contributed by atoms with van der Waals surface area (Å²) in [4.78, 5) is 25.8. The maximum Gasteiger partial charge on any atom is 0.250 e. The third kappa shape index (κ3) is 2.34. The fourth-order valence-corrected chi connectivity index (χ4v) is 2.19. The molecular weight excluding hydrogens is 244 g/mol. The lowest BCUT2D eigenvalue weighted by Crippen LogP contribution is -2.62. The predicted molar refractivity (Wildman–Crippen MR) is 71.8 cm³/mol. The first kappa shape index (κ1) is 13.6. The smallest absolute Gasteiger partial charge is 0.250 e. The van der Waals surface area contributed by atoms with Crippen LogP contribution in [0.3, 0.4) is 0 Å². The van der Waals surface area contributed by atoms with E-state index in [0.29, 0.717) is 12.1 Å². The highest BCUT2D eigenvalue weighted by Gasteiger charge is 2.38. The largest absolute Gasteiger partial charge is 0.343 e. The number of carbonyl (C=O) groups is 2. The third-order valence-corrected chi connectivity index (χ3v) is 3.42. The normalized spacial score (nSPS) is 23.9. The quantitative estimate of drug-likeness (QED) is 0.888. The van der Waals surface area contributed by atoms with E-state index in [1.54, 1.807) is 22.7 Å². The van der Waals surface area contributed by atoms with Crippen LogP contribution in [0.1, 0.15) is 40.2 Å². The molecule has 0 saturated carbocycles. The Labute approximate surface area is 112 Å². The van der Waals surface area contributed by atoms with Gasteiger partial charge in [-0.25, -0.2) is 0 Å². The Bertz CT molecular complexity index is 495. The van der Waals surface area contributed by atoms with E-state index in [9.17, 15) is 9.59 Å². The first-order valence-corrected chi connectivity index (χ1v) is 6.63. The van der Waals surface area contributed by atoms with Crippen molar-refractivity contribution in [2.45, 2.75) is 52.2 Å². The molecule has 0 radical (unpaired) electrons. The van der Waals surface area contributed by atoms with Gasteiger partial charge in [0.2, 0.25) is 11.8 Å². The summed E-state index contributed by atoms with van der Waals surface area (Å²) in [5.41, 5.74) is 0.680. The van der Waals surface area contributed by atoms with Gasteiger partial charge in [-0.2, -0.15) is 5.10 Å². The van der Waals surface area contributed by atoms with Gasteiger partial charge in [0.05, 0.1) is 11.9 Å². The summed E-state index contributed by atoms with van der Waals surface area (Å²) >= 11 is 0. The van der Waals surface area contributed by atoms with E-state index in [4.69, 9.17) is 0 Å². The highest BCUT2D eigenvalue weighted by atomic mass is 16.2. The molecule has 1 N–H and O–H groups in total. The van der Waals surface area contributed by atoms with E-state index in [1.165, 1.54) is 0 Å². The molecule has 6 nitrogen and oxygen atoms in total. The second-order valence-electron chi connectivity index (χ2n) is 5.13. The number of amides is 2. The Balaban J connectivity index is 2.33. The van der Waals surface area contributed by atoms with Gasteiger partial charge in [-0.3, -0.25) is 19.2 Å². The summed E-state index contributed by atoms with van der Waals surface area (Å²) in [6.45, 7) is 7.64. The number of aromatic nitrogens is 2. The second-order valence-corrected chi connectivity index (χ2v) is 5.13. The molecule has 1 saturated heterocycles. The first-order valence-electron chi connectivity index (χ1n) is 6.63. The van der Waals surface area contributed by atoms with Crippen molar-refractivity contribution >= 4 is 17.5 Å². The van der Waals surface area contributed by atoms with Crippen molar-refractivity contribution in [3.05, 3.63) is 12.4 Å². The van der Waals surface area contributed by atoms with Crippen molar-refractivity contribution in [3.8, 4) is 0 Å². The van der Waals surface area contributed by atoms with Crippen LogP contribution in [0.5, 0.6) is 0 Å². The number of piperazine rings is 1. The summed E-state index contributed by atoms with van der Waals surface area (Å²) in [6, 6.07) is -0.717. The van der Waals surface area contributed by atoms with Crippen molar-refractivity contribution in [2.24, 2.45) is 0 Å². The molecule has 2 rings (SSSR count). The number of hydrogen-bond acceptors (Lipinski definition) is 3. The number of carbonyl (C=O) groups excluding carboxylic acids is 2. The van der Waals surface area contributed by atoms with E-state index in [-0.39, 0.29) is 17.9 Å². The molecule has 1 aliphatic rings. The number of rotatable bonds is 3. The van der Waals surface area contributed by atoms with E-state index in [0.717, 1.165) is 0 Å². The van der Waals surface area contributed by atoms with Crippen LogP contribution in [0.2, 0.25) is 0 Å². The maximum absolute atomic E-state index is 12.4. The second kappa shape index (κ2) is 5.03. The van der Waals surface area contributed by atoms with E-state index in [1.807, 2.05) is 27.0 Å². The molecule has 2 atom stereocenters. The molecule has 0 bridgehead atoms. The van der Waals surface area contributed by atoms with E-state index >= 15 is 0 Å². The summed E-state index contributed by atoms with van der Waals surface area (Å²) in [5, 5.41) is 6.96. The molecule has 1 fully saturated rings. The Kier molecular flexibility index (Phi) is 3.59. The summed E-state index contributed by atoms with van der Waals surface area (Å²) in [6.07, 6.45) is 4.04. The van der Waals surface area contributed by atoms with E-state index in [2.05, 4.69) is 10.4 Å². The summed E-state index contributed by atoms with van der Waals surface area (Å²) < 4.78 is 1.78. The molecule has 1 aromatic heterocycles. The zero-order valence-electron chi connectivity index (χ0n) is 11.8. The molecule has 2 amide bonds. The minimum Gasteiger partial charge on any atom is -0.343 e. The van der Waals surface area contributed by atoms with Gasteiger partial charge >= 0.3 is 0 Å². The Hall–Kier alpha value is -1.85. The topological polar surface area (TPSA) is 67.2 Å². The van der Waals surface area contributed by atoms with Crippen molar-refractivity contribution in [2.75, 3.05) is 4.90 Å². The third-order valence-electron chi connectivity index (χ3n) is 3.42. The van der Waals surface area contributed by atoms with Gasteiger partial charge in [-0.15, -0.1) is 0 Å². The van der Waals surface area contributed by atoms with Crippen LogP contribution in [-0.4, -0.2) is 33.7 Å². The average molecular weight is 264 g/mol. The molecule has 2 unspecified atom stereocenters. The van der Waals surface area contributed by atoms with Crippen molar-refractivity contribution in [1.29, 1.82) is 0 Å². The van der Waals surface area contributed by atoms with Crippen molar-refractivity contribution < 1.29 is 9.59 Å². The zero-order valence-corrected chi connectivity index (χ0v) is 11.8. The summed E-state index contributed by atoms with van der Waals surface area (Å²) in [7, 11) is 0. The zero-order chi connectivity index (χ0) is 14.2. The lowest BCUT2D eigenvalue weighted by Gasteiger charge is -2.36. The highest BCUT2D eigenvalue weighted by molar-refractivity contribution is 6.08. The average Bonchev–Trinajstić information content (AvgIpc) is 2.83. The summed E-state index contributed by atoms with van der Waals surface area (Å²) in [5.74, 6) is -0.193. The minimum atomic E-state index is -0.500. The van der Waals surface area contributed by atoms with E-state index < -0.39 is 12.1 Å². The fraction of sp³-hybridized carbons (Fsp3) is 0.615. The van der Waals surface area contributed by atoms with Crippen LogP contribution in [-0.2, 0) is 9.59 Å². The number of hydrogen-bond donors (Lipinski definition) is 1. The molecule has 1 aromatic rings. The molecule has 2 heterocycles. The Morgan fingerprint density at radius 3 is 2.63 bits per heavy atom. The van der Waals surface area contributed by atoms with Gasteiger partial charge in [-0.1, -0.05) is 6.92 Å². The van der Waals surface area contributed by atoms with Crippen molar-refractivity contribution in [1.82, 2.24) is 15.1 Å². The lowest BCUT2D eigenvalue weighted by molar-refractivity contribution is -0.133. The molecule has 6 heteroatoms.